The highest BCUT2D eigenvalue weighted by molar-refractivity contribution is 9.10. The highest BCUT2D eigenvalue weighted by Gasteiger charge is 2.43. The normalized spacial score (nSPS) is 30.0. The third kappa shape index (κ3) is 4.57. The molecule has 0 radical (unpaired) electrons. The molecule has 0 heterocycles. The van der Waals surface area contributed by atoms with Gasteiger partial charge in [-0.3, -0.25) is 4.79 Å². The Balaban J connectivity index is 1.35. The second kappa shape index (κ2) is 7.80. The van der Waals surface area contributed by atoms with E-state index in [-0.39, 0.29) is 11.8 Å². The molecule has 0 aromatic heterocycles. The van der Waals surface area contributed by atoms with Crippen LogP contribution in [0.3, 0.4) is 0 Å². The maximum Gasteiger partial charge on any atom is 0.223 e. The number of hydrogen-bond acceptors (Lipinski definition) is 2. The van der Waals surface area contributed by atoms with Crippen LogP contribution in [0, 0.1) is 11.8 Å². The van der Waals surface area contributed by atoms with E-state index in [1.807, 2.05) is 12.1 Å². The van der Waals surface area contributed by atoms with Gasteiger partial charge in [0.15, 0.2) is 0 Å². The summed E-state index contributed by atoms with van der Waals surface area (Å²) in [7, 11) is 0. The molecule has 2 aliphatic carbocycles. The van der Waals surface area contributed by atoms with Crippen LogP contribution in [0.15, 0.2) is 28.7 Å². The summed E-state index contributed by atoms with van der Waals surface area (Å²) in [5.74, 6) is 1.37. The maximum absolute atomic E-state index is 12.2. The SMILES string of the molecule is CC1CCCCC1OCCNC(=O)C1CC1c1ccc(Br)cc1. The molecule has 126 valence electrons. The van der Waals surface area contributed by atoms with Crippen molar-refractivity contribution >= 4 is 21.8 Å². The zero-order valence-corrected chi connectivity index (χ0v) is 15.3. The van der Waals surface area contributed by atoms with E-state index in [0.29, 0.717) is 31.1 Å². The third-order valence-electron chi connectivity index (χ3n) is 5.19. The Morgan fingerprint density at radius 3 is 2.74 bits per heavy atom. The van der Waals surface area contributed by atoms with Gasteiger partial charge in [-0.05, 0) is 48.8 Å². The fourth-order valence-electron chi connectivity index (χ4n) is 3.61. The van der Waals surface area contributed by atoms with E-state index in [0.717, 1.165) is 10.9 Å². The van der Waals surface area contributed by atoms with Crippen molar-refractivity contribution in [2.75, 3.05) is 13.2 Å². The number of amides is 1. The molecule has 2 saturated carbocycles. The first-order valence-corrected chi connectivity index (χ1v) is 9.59. The Morgan fingerprint density at radius 2 is 2.00 bits per heavy atom. The Bertz CT molecular complexity index is 531. The van der Waals surface area contributed by atoms with Crippen LogP contribution in [0.4, 0.5) is 0 Å². The monoisotopic (exact) mass is 379 g/mol. The first kappa shape index (κ1) is 17.0. The van der Waals surface area contributed by atoms with Crippen molar-refractivity contribution in [2.24, 2.45) is 11.8 Å². The molecular formula is C19H26BrNO2. The minimum absolute atomic E-state index is 0.143. The number of rotatable bonds is 6. The molecule has 3 nitrogen and oxygen atoms in total. The Morgan fingerprint density at radius 1 is 1.26 bits per heavy atom. The Labute approximate surface area is 147 Å². The number of hydrogen-bond donors (Lipinski definition) is 1. The zero-order chi connectivity index (χ0) is 16.2. The molecule has 2 aliphatic rings. The molecule has 1 aromatic rings. The minimum atomic E-state index is 0.143. The van der Waals surface area contributed by atoms with E-state index in [1.165, 1.54) is 31.2 Å². The van der Waals surface area contributed by atoms with E-state index in [9.17, 15) is 4.79 Å². The van der Waals surface area contributed by atoms with Gasteiger partial charge in [0, 0.05) is 16.9 Å². The van der Waals surface area contributed by atoms with E-state index in [4.69, 9.17) is 4.74 Å². The molecule has 3 rings (SSSR count). The van der Waals surface area contributed by atoms with Crippen LogP contribution in [0.5, 0.6) is 0 Å². The van der Waals surface area contributed by atoms with Crippen LogP contribution in [0.1, 0.15) is 50.5 Å². The summed E-state index contributed by atoms with van der Waals surface area (Å²) < 4.78 is 7.03. The van der Waals surface area contributed by atoms with Crippen LogP contribution >= 0.6 is 15.9 Å². The fourth-order valence-corrected chi connectivity index (χ4v) is 3.87. The highest BCUT2D eigenvalue weighted by Crippen LogP contribution is 2.47. The largest absolute Gasteiger partial charge is 0.376 e. The number of ether oxygens (including phenoxy) is 1. The van der Waals surface area contributed by atoms with Gasteiger partial charge in [-0.15, -0.1) is 0 Å². The van der Waals surface area contributed by atoms with Crippen molar-refractivity contribution in [3.05, 3.63) is 34.3 Å². The number of carbonyl (C=O) groups excluding carboxylic acids is 1. The van der Waals surface area contributed by atoms with E-state index in [2.05, 4.69) is 40.3 Å². The Kier molecular flexibility index (Phi) is 5.76. The standard InChI is InChI=1S/C19H26BrNO2/c1-13-4-2-3-5-18(13)23-11-10-21-19(22)17-12-16(17)14-6-8-15(20)9-7-14/h6-9,13,16-18H,2-5,10-12H2,1H3,(H,21,22). The number of nitrogens with one attached hydrogen (secondary N) is 1. The van der Waals surface area contributed by atoms with Gasteiger partial charge in [0.2, 0.25) is 5.91 Å². The third-order valence-corrected chi connectivity index (χ3v) is 5.72. The van der Waals surface area contributed by atoms with Gasteiger partial charge < -0.3 is 10.1 Å². The average molecular weight is 380 g/mol. The maximum atomic E-state index is 12.2. The molecule has 23 heavy (non-hydrogen) atoms. The lowest BCUT2D eigenvalue weighted by molar-refractivity contribution is -0.122. The number of benzene rings is 1. The van der Waals surface area contributed by atoms with Gasteiger partial charge in [-0.2, -0.15) is 0 Å². The van der Waals surface area contributed by atoms with Gasteiger partial charge >= 0.3 is 0 Å². The molecule has 0 saturated heterocycles. The quantitative estimate of drug-likeness (QED) is 0.749. The van der Waals surface area contributed by atoms with Crippen LogP contribution in [0.2, 0.25) is 0 Å². The van der Waals surface area contributed by atoms with Crippen LogP contribution in [-0.2, 0) is 9.53 Å². The van der Waals surface area contributed by atoms with Crippen molar-refractivity contribution in [3.63, 3.8) is 0 Å². The summed E-state index contributed by atoms with van der Waals surface area (Å²) in [6, 6.07) is 8.30. The molecule has 1 amide bonds. The molecular weight excluding hydrogens is 354 g/mol. The predicted molar refractivity (Wildman–Crippen MR) is 95.4 cm³/mol. The second-order valence-corrected chi connectivity index (χ2v) is 7.88. The summed E-state index contributed by atoms with van der Waals surface area (Å²) in [4.78, 5) is 12.2. The van der Waals surface area contributed by atoms with Crippen LogP contribution in [0.25, 0.3) is 0 Å². The van der Waals surface area contributed by atoms with Gasteiger partial charge in [0.05, 0.1) is 12.7 Å². The predicted octanol–water partition coefficient (Wildman–Crippen LogP) is 4.26. The van der Waals surface area contributed by atoms with Crippen molar-refractivity contribution in [3.8, 4) is 0 Å². The lowest BCUT2D eigenvalue weighted by Gasteiger charge is -2.28. The summed E-state index contributed by atoms with van der Waals surface area (Å²) >= 11 is 3.44. The van der Waals surface area contributed by atoms with E-state index < -0.39 is 0 Å². The Hall–Kier alpha value is -0.870. The molecule has 0 bridgehead atoms. The molecule has 4 atom stereocenters. The smallest absolute Gasteiger partial charge is 0.223 e. The van der Waals surface area contributed by atoms with Crippen molar-refractivity contribution in [1.82, 2.24) is 5.32 Å². The summed E-state index contributed by atoms with van der Waals surface area (Å²) in [6.45, 7) is 3.54. The molecule has 0 spiro atoms. The number of carbonyl (C=O) groups is 1. The molecule has 4 heteroatoms. The molecule has 1 aromatic carbocycles. The lowest BCUT2D eigenvalue weighted by atomic mass is 9.88. The zero-order valence-electron chi connectivity index (χ0n) is 13.8. The van der Waals surface area contributed by atoms with Crippen LogP contribution in [-0.4, -0.2) is 25.2 Å². The van der Waals surface area contributed by atoms with Gasteiger partial charge in [-0.25, -0.2) is 0 Å². The van der Waals surface area contributed by atoms with Gasteiger partial charge in [0.1, 0.15) is 0 Å². The molecule has 0 aliphatic heterocycles. The molecule has 1 N–H and O–H groups in total. The summed E-state index contributed by atoms with van der Waals surface area (Å²) in [5, 5.41) is 3.04. The first-order chi connectivity index (χ1) is 11.1. The molecule has 4 unspecified atom stereocenters. The topological polar surface area (TPSA) is 38.3 Å². The minimum Gasteiger partial charge on any atom is -0.376 e. The fraction of sp³-hybridized carbons (Fsp3) is 0.632. The van der Waals surface area contributed by atoms with E-state index >= 15 is 0 Å². The lowest BCUT2D eigenvalue weighted by Crippen LogP contribution is -2.32. The van der Waals surface area contributed by atoms with Gasteiger partial charge in [-0.1, -0.05) is 47.8 Å². The second-order valence-electron chi connectivity index (χ2n) is 6.96. The summed E-state index contributed by atoms with van der Waals surface area (Å²) in [6.07, 6.45) is 6.40. The van der Waals surface area contributed by atoms with Crippen molar-refractivity contribution in [1.29, 1.82) is 0 Å². The number of halogens is 1. The summed E-state index contributed by atoms with van der Waals surface area (Å²) in [5.41, 5.74) is 1.26. The van der Waals surface area contributed by atoms with Crippen LogP contribution < -0.4 is 5.32 Å². The van der Waals surface area contributed by atoms with Crippen molar-refractivity contribution in [2.45, 2.75) is 51.0 Å². The van der Waals surface area contributed by atoms with E-state index in [1.54, 1.807) is 0 Å². The average Bonchev–Trinajstić information content (AvgIpc) is 3.34. The highest BCUT2D eigenvalue weighted by atomic mass is 79.9. The molecule has 2 fully saturated rings. The van der Waals surface area contributed by atoms with Gasteiger partial charge in [0.25, 0.3) is 0 Å². The first-order valence-electron chi connectivity index (χ1n) is 8.80. The van der Waals surface area contributed by atoms with Crippen molar-refractivity contribution < 1.29 is 9.53 Å².